The van der Waals surface area contributed by atoms with Gasteiger partial charge in [-0.25, -0.2) is 0 Å². The van der Waals surface area contributed by atoms with Gasteiger partial charge in [0.2, 0.25) is 5.91 Å². The molecule has 1 amide bonds. The zero-order valence-corrected chi connectivity index (χ0v) is 11.9. The topological polar surface area (TPSA) is 55.1 Å². The lowest BCUT2D eigenvalue weighted by Gasteiger charge is -2.31. The molecule has 0 radical (unpaired) electrons. The highest BCUT2D eigenvalue weighted by atomic mass is 16.1. The molecule has 0 saturated heterocycles. The van der Waals surface area contributed by atoms with E-state index < -0.39 is 0 Å². The molecule has 3 nitrogen and oxygen atoms in total. The summed E-state index contributed by atoms with van der Waals surface area (Å²) >= 11 is 0. The average Bonchev–Trinajstić information content (AvgIpc) is 2.39. The third kappa shape index (κ3) is 5.85. The third-order valence-electron chi connectivity index (χ3n) is 4.14. The van der Waals surface area contributed by atoms with E-state index >= 15 is 0 Å². The minimum absolute atomic E-state index is 0.257. The Morgan fingerprint density at radius 2 is 1.89 bits per heavy atom. The van der Waals surface area contributed by atoms with Crippen LogP contribution in [0.5, 0.6) is 0 Å². The van der Waals surface area contributed by atoms with Gasteiger partial charge in [-0.05, 0) is 38.1 Å². The van der Waals surface area contributed by atoms with Gasteiger partial charge in [-0.15, -0.1) is 0 Å². The number of nitrogens with two attached hydrogens (primary N) is 1. The smallest absolute Gasteiger partial charge is 0.220 e. The fourth-order valence-corrected chi connectivity index (χ4v) is 2.95. The highest BCUT2D eigenvalue weighted by Gasteiger charge is 2.24. The van der Waals surface area contributed by atoms with Crippen molar-refractivity contribution in [2.24, 2.45) is 11.7 Å². The summed E-state index contributed by atoms with van der Waals surface area (Å²) in [5, 5.41) is 3.25. The molecule has 1 saturated carbocycles. The molecule has 0 bridgehead atoms. The molecule has 3 heteroatoms. The van der Waals surface area contributed by atoms with E-state index in [0.717, 1.165) is 32.2 Å². The second-order valence-corrected chi connectivity index (χ2v) is 5.58. The lowest BCUT2D eigenvalue weighted by atomic mass is 9.83. The van der Waals surface area contributed by atoms with Crippen molar-refractivity contribution in [2.45, 2.75) is 77.2 Å². The maximum absolute atomic E-state index is 11.9. The Labute approximate surface area is 112 Å². The van der Waals surface area contributed by atoms with E-state index in [9.17, 15) is 4.79 Å². The van der Waals surface area contributed by atoms with Crippen LogP contribution in [-0.4, -0.2) is 18.5 Å². The second-order valence-electron chi connectivity index (χ2n) is 5.58. The van der Waals surface area contributed by atoms with E-state index in [1.54, 1.807) is 0 Å². The van der Waals surface area contributed by atoms with Gasteiger partial charge < -0.3 is 11.1 Å². The van der Waals surface area contributed by atoms with Crippen molar-refractivity contribution < 1.29 is 4.79 Å². The average molecular weight is 254 g/mol. The summed E-state index contributed by atoms with van der Waals surface area (Å²) in [6.45, 7) is 3.01. The van der Waals surface area contributed by atoms with Gasteiger partial charge >= 0.3 is 0 Å². The number of hydrogen-bond donors (Lipinski definition) is 2. The fourth-order valence-electron chi connectivity index (χ4n) is 2.95. The van der Waals surface area contributed by atoms with Gasteiger partial charge in [-0.3, -0.25) is 4.79 Å². The highest BCUT2D eigenvalue weighted by Crippen LogP contribution is 2.26. The summed E-state index contributed by atoms with van der Waals surface area (Å²) in [6.07, 6.45) is 11.4. The van der Waals surface area contributed by atoms with Crippen LogP contribution in [0.2, 0.25) is 0 Å². The third-order valence-corrected chi connectivity index (χ3v) is 4.14. The molecule has 18 heavy (non-hydrogen) atoms. The molecule has 0 heterocycles. The number of hydrogen-bond acceptors (Lipinski definition) is 2. The first-order chi connectivity index (χ1) is 8.77. The molecule has 0 spiro atoms. The number of rotatable bonds is 8. The summed E-state index contributed by atoms with van der Waals surface area (Å²) in [6, 6.07) is 0.445. The molecule has 2 unspecified atom stereocenters. The molecule has 0 aromatic heterocycles. The van der Waals surface area contributed by atoms with E-state index in [2.05, 4.69) is 12.2 Å². The summed E-state index contributed by atoms with van der Waals surface area (Å²) in [7, 11) is 0. The van der Waals surface area contributed by atoms with Crippen LogP contribution in [0.3, 0.4) is 0 Å². The van der Waals surface area contributed by atoms with E-state index in [0.29, 0.717) is 18.4 Å². The van der Waals surface area contributed by atoms with Gasteiger partial charge in [-0.1, -0.05) is 39.0 Å². The number of carbonyl (C=O) groups excluding carboxylic acids is 1. The van der Waals surface area contributed by atoms with Crippen LogP contribution < -0.4 is 11.1 Å². The van der Waals surface area contributed by atoms with Gasteiger partial charge in [0, 0.05) is 12.5 Å². The van der Waals surface area contributed by atoms with E-state index in [1.165, 1.54) is 32.1 Å². The fraction of sp³-hybridized carbons (Fsp3) is 0.933. The maximum atomic E-state index is 11.9. The Morgan fingerprint density at radius 1 is 1.17 bits per heavy atom. The normalized spacial score (nSPS) is 23.9. The van der Waals surface area contributed by atoms with Crippen molar-refractivity contribution in [3.63, 3.8) is 0 Å². The second kappa shape index (κ2) is 9.37. The molecule has 0 aromatic carbocycles. The summed E-state index contributed by atoms with van der Waals surface area (Å²) < 4.78 is 0. The highest BCUT2D eigenvalue weighted by molar-refractivity contribution is 5.76. The van der Waals surface area contributed by atoms with Crippen LogP contribution in [0.4, 0.5) is 0 Å². The number of nitrogens with one attached hydrogen (secondary N) is 1. The van der Waals surface area contributed by atoms with Gasteiger partial charge in [-0.2, -0.15) is 0 Å². The first kappa shape index (κ1) is 15.5. The molecule has 0 aromatic rings. The molecule has 0 aliphatic heterocycles. The van der Waals surface area contributed by atoms with Crippen LogP contribution in [0.1, 0.15) is 71.1 Å². The Balaban J connectivity index is 2.14. The lowest BCUT2D eigenvalue weighted by Crippen LogP contribution is -2.41. The zero-order valence-electron chi connectivity index (χ0n) is 11.9. The predicted octanol–water partition coefficient (Wildman–Crippen LogP) is 2.98. The molecule has 1 aliphatic rings. The van der Waals surface area contributed by atoms with Crippen molar-refractivity contribution in [3.8, 4) is 0 Å². The number of carbonyl (C=O) groups is 1. The maximum Gasteiger partial charge on any atom is 0.220 e. The summed E-state index contributed by atoms with van der Waals surface area (Å²) in [4.78, 5) is 11.9. The van der Waals surface area contributed by atoms with Crippen LogP contribution in [-0.2, 0) is 4.79 Å². The van der Waals surface area contributed by atoms with Crippen LogP contribution >= 0.6 is 0 Å². The van der Waals surface area contributed by atoms with Crippen LogP contribution in [0, 0.1) is 5.92 Å². The Morgan fingerprint density at radius 3 is 2.61 bits per heavy atom. The van der Waals surface area contributed by atoms with E-state index in [4.69, 9.17) is 5.73 Å². The Hall–Kier alpha value is -0.570. The Bertz CT molecular complexity index is 231. The van der Waals surface area contributed by atoms with Crippen molar-refractivity contribution >= 4 is 5.91 Å². The minimum Gasteiger partial charge on any atom is -0.353 e. The molecule has 2 atom stereocenters. The quantitative estimate of drug-likeness (QED) is 0.654. The molecular formula is C15H30N2O. The van der Waals surface area contributed by atoms with E-state index in [1.807, 2.05) is 0 Å². The number of amides is 1. The van der Waals surface area contributed by atoms with Crippen molar-refractivity contribution in [2.75, 3.05) is 6.54 Å². The summed E-state index contributed by atoms with van der Waals surface area (Å²) in [5.74, 6) is 0.966. The van der Waals surface area contributed by atoms with Gasteiger partial charge in [0.05, 0.1) is 0 Å². The molecule has 1 rings (SSSR count). The first-order valence-electron chi connectivity index (χ1n) is 7.77. The SMILES string of the molecule is CCC1CCCCC1NC(=O)CCCCCCN. The number of unbranched alkanes of at least 4 members (excludes halogenated alkanes) is 3. The van der Waals surface area contributed by atoms with Crippen molar-refractivity contribution in [1.82, 2.24) is 5.32 Å². The molecule has 106 valence electrons. The monoisotopic (exact) mass is 254 g/mol. The van der Waals surface area contributed by atoms with Crippen LogP contribution in [0.25, 0.3) is 0 Å². The zero-order chi connectivity index (χ0) is 13.2. The molecule has 3 N–H and O–H groups in total. The Kier molecular flexibility index (Phi) is 8.06. The molecule has 1 aliphatic carbocycles. The van der Waals surface area contributed by atoms with Crippen molar-refractivity contribution in [1.29, 1.82) is 0 Å². The van der Waals surface area contributed by atoms with E-state index in [-0.39, 0.29) is 5.91 Å². The van der Waals surface area contributed by atoms with Gasteiger partial charge in [0.1, 0.15) is 0 Å². The molecular weight excluding hydrogens is 224 g/mol. The minimum atomic E-state index is 0.257. The largest absolute Gasteiger partial charge is 0.353 e. The molecule has 1 fully saturated rings. The van der Waals surface area contributed by atoms with Crippen LogP contribution in [0.15, 0.2) is 0 Å². The standard InChI is InChI=1S/C15H30N2O/c1-2-13-9-6-7-10-14(13)17-15(18)11-5-3-4-8-12-16/h13-14H,2-12,16H2,1H3,(H,17,18). The van der Waals surface area contributed by atoms with Gasteiger partial charge in [0.25, 0.3) is 0 Å². The lowest BCUT2D eigenvalue weighted by molar-refractivity contribution is -0.122. The van der Waals surface area contributed by atoms with Crippen molar-refractivity contribution in [3.05, 3.63) is 0 Å². The first-order valence-corrected chi connectivity index (χ1v) is 7.77. The summed E-state index contributed by atoms with van der Waals surface area (Å²) in [5.41, 5.74) is 5.45. The van der Waals surface area contributed by atoms with Gasteiger partial charge in [0.15, 0.2) is 0 Å². The predicted molar refractivity (Wildman–Crippen MR) is 76.3 cm³/mol.